The third-order valence-corrected chi connectivity index (χ3v) is 5.85. The van der Waals surface area contributed by atoms with Gasteiger partial charge in [0.2, 0.25) is 5.52 Å². The van der Waals surface area contributed by atoms with E-state index in [1.807, 2.05) is 23.6 Å². The topological polar surface area (TPSA) is 58.6 Å². The van der Waals surface area contributed by atoms with Gasteiger partial charge in [-0.05, 0) is 43.7 Å². The van der Waals surface area contributed by atoms with Gasteiger partial charge in [-0.2, -0.15) is 4.98 Å². The molecule has 1 aromatic carbocycles. The van der Waals surface area contributed by atoms with Crippen molar-refractivity contribution in [1.29, 1.82) is 0 Å². The number of aryl methyl sites for hydroxylation is 1. The first-order valence-corrected chi connectivity index (χ1v) is 10.1. The molecule has 1 aliphatic rings. The molecule has 2 atom stereocenters. The lowest BCUT2D eigenvalue weighted by Crippen LogP contribution is -2.56. The Balaban J connectivity index is 1.66. The van der Waals surface area contributed by atoms with Crippen molar-refractivity contribution >= 4 is 22.7 Å². The molecule has 1 fully saturated rings. The Morgan fingerprint density at radius 3 is 2.44 bits per heavy atom. The van der Waals surface area contributed by atoms with Gasteiger partial charge in [-0.15, -0.1) is 4.98 Å². The predicted molar refractivity (Wildman–Crippen MR) is 114 cm³/mol. The molecule has 0 saturated carbocycles. The summed E-state index contributed by atoms with van der Waals surface area (Å²) in [4.78, 5) is 28.5. The molecule has 3 heterocycles. The van der Waals surface area contributed by atoms with Crippen molar-refractivity contribution in [3.05, 3.63) is 69.2 Å². The number of fused-ring (bicyclic) bond motifs is 1. The first-order valence-electron chi connectivity index (χ1n) is 10.1. The molecule has 7 nitrogen and oxygen atoms in total. The molecule has 2 aromatic heterocycles. The zero-order valence-electron chi connectivity index (χ0n) is 17.8. The molecule has 10 heteroatoms. The van der Waals surface area contributed by atoms with E-state index < -0.39 is 23.1 Å². The smallest absolute Gasteiger partial charge is 0.350 e. The van der Waals surface area contributed by atoms with Crippen molar-refractivity contribution in [3.63, 3.8) is 0 Å². The quantitative estimate of drug-likeness (QED) is 0.460. The highest BCUT2D eigenvalue weighted by molar-refractivity contribution is 5.87. The van der Waals surface area contributed by atoms with E-state index in [0.29, 0.717) is 35.5 Å². The summed E-state index contributed by atoms with van der Waals surface area (Å²) in [5.74, 6) is -3.28. The molecule has 0 amide bonds. The average Bonchev–Trinajstić information content (AvgIpc) is 2.76. The fourth-order valence-electron chi connectivity index (χ4n) is 4.11. The maximum atomic E-state index is 13.6. The Kier molecular flexibility index (Phi) is 5.60. The highest BCUT2D eigenvalue weighted by atomic mass is 19.2. The zero-order chi connectivity index (χ0) is 23.2. The highest BCUT2D eigenvalue weighted by Crippen LogP contribution is 2.29. The van der Waals surface area contributed by atoms with Gasteiger partial charge in [-0.25, -0.2) is 18.0 Å². The summed E-state index contributed by atoms with van der Waals surface area (Å²) in [6, 6.07) is 5.09. The predicted octanol–water partition coefficient (Wildman–Crippen LogP) is 3.40. The minimum atomic E-state index is -1.48. The van der Waals surface area contributed by atoms with E-state index in [0.717, 1.165) is 12.1 Å². The second-order valence-corrected chi connectivity index (χ2v) is 8.08. The van der Waals surface area contributed by atoms with Crippen LogP contribution in [-0.4, -0.2) is 44.6 Å². The van der Waals surface area contributed by atoms with Crippen molar-refractivity contribution < 1.29 is 13.2 Å². The number of anilines is 1. The number of aromatic nitrogens is 3. The van der Waals surface area contributed by atoms with Crippen LogP contribution in [0.25, 0.3) is 15.9 Å². The number of piperazine rings is 1. The molecule has 0 unspecified atom stereocenters. The minimum absolute atomic E-state index is 0.0627. The van der Waals surface area contributed by atoms with Gasteiger partial charge < -0.3 is 9.74 Å². The van der Waals surface area contributed by atoms with Crippen LogP contribution in [0.15, 0.2) is 29.1 Å². The Morgan fingerprint density at radius 1 is 1.09 bits per heavy atom. The van der Waals surface area contributed by atoms with Gasteiger partial charge in [-0.1, -0.05) is 6.57 Å². The third kappa shape index (κ3) is 3.80. The van der Waals surface area contributed by atoms with Crippen LogP contribution < -0.4 is 10.6 Å². The number of hydrogen-bond donors (Lipinski definition) is 0. The molecule has 3 aromatic rings. The number of pyridine rings is 1. The fourth-order valence-corrected chi connectivity index (χ4v) is 4.11. The Morgan fingerprint density at radius 2 is 1.78 bits per heavy atom. The first-order chi connectivity index (χ1) is 15.2. The summed E-state index contributed by atoms with van der Waals surface area (Å²) in [5.41, 5.74) is 0.960. The van der Waals surface area contributed by atoms with Gasteiger partial charge in [0.1, 0.15) is 0 Å². The van der Waals surface area contributed by atoms with E-state index in [-0.39, 0.29) is 24.4 Å². The first kappa shape index (κ1) is 21.8. The number of nitrogens with zero attached hydrogens (tertiary/aromatic N) is 6. The summed E-state index contributed by atoms with van der Waals surface area (Å²) >= 11 is 0. The van der Waals surface area contributed by atoms with E-state index in [1.165, 1.54) is 4.57 Å². The summed E-state index contributed by atoms with van der Waals surface area (Å²) < 4.78 is 41.9. The lowest BCUT2D eigenvalue weighted by Gasteiger charge is -2.44. The molecular formula is C22H21F3N6O. The van der Waals surface area contributed by atoms with Crippen molar-refractivity contribution in [3.8, 4) is 0 Å². The van der Waals surface area contributed by atoms with E-state index >= 15 is 0 Å². The molecule has 0 spiro atoms. The Labute approximate surface area is 182 Å². The lowest BCUT2D eigenvalue weighted by molar-refractivity contribution is 0.157. The van der Waals surface area contributed by atoms with Crippen molar-refractivity contribution in [2.45, 2.75) is 32.5 Å². The Hall–Kier alpha value is -3.45. The second-order valence-electron chi connectivity index (χ2n) is 8.08. The van der Waals surface area contributed by atoms with Crippen LogP contribution in [0.1, 0.15) is 19.4 Å². The summed E-state index contributed by atoms with van der Waals surface area (Å²) in [6.45, 7) is 12.4. The highest BCUT2D eigenvalue weighted by Gasteiger charge is 2.32. The molecule has 1 aliphatic heterocycles. The average molecular weight is 442 g/mol. The van der Waals surface area contributed by atoms with Gasteiger partial charge in [0.05, 0.1) is 5.52 Å². The number of benzene rings is 1. The molecule has 0 bridgehead atoms. The van der Waals surface area contributed by atoms with Crippen molar-refractivity contribution in [2.75, 3.05) is 18.0 Å². The molecule has 4 rings (SSSR count). The van der Waals surface area contributed by atoms with E-state index in [2.05, 4.69) is 14.8 Å². The van der Waals surface area contributed by atoms with E-state index in [9.17, 15) is 18.0 Å². The van der Waals surface area contributed by atoms with Crippen LogP contribution in [0.4, 0.5) is 24.8 Å². The third-order valence-electron chi connectivity index (χ3n) is 5.85. The van der Waals surface area contributed by atoms with Crippen LogP contribution in [0.3, 0.4) is 0 Å². The molecular weight excluding hydrogens is 421 g/mol. The normalized spacial score (nSPS) is 19.3. The Bertz CT molecular complexity index is 1280. The largest absolute Gasteiger partial charge is 0.361 e. The van der Waals surface area contributed by atoms with E-state index in [1.54, 1.807) is 19.2 Å². The SMILES string of the molecule is [C-]#[N+]c1ccc2c(n1)c(N1C[C@@H](C)N(Cc3cc(F)c(F)c(F)c3)C[C@@H]1C)nc(=O)n2C. The summed E-state index contributed by atoms with van der Waals surface area (Å²) in [5, 5.41) is 0. The number of halogens is 3. The molecule has 0 N–H and O–H groups in total. The fraction of sp³-hybridized carbons (Fsp3) is 0.364. The van der Waals surface area contributed by atoms with E-state index in [4.69, 9.17) is 6.57 Å². The monoisotopic (exact) mass is 442 g/mol. The van der Waals surface area contributed by atoms with Crippen LogP contribution >= 0.6 is 0 Å². The zero-order valence-corrected chi connectivity index (χ0v) is 17.8. The van der Waals surface area contributed by atoms with Crippen LogP contribution in [0.5, 0.6) is 0 Å². The van der Waals surface area contributed by atoms with Crippen LogP contribution in [0.2, 0.25) is 0 Å². The van der Waals surface area contributed by atoms with Crippen LogP contribution in [-0.2, 0) is 13.6 Å². The van der Waals surface area contributed by atoms with Crippen molar-refractivity contribution in [2.24, 2.45) is 7.05 Å². The molecule has 0 radical (unpaired) electrons. The summed E-state index contributed by atoms with van der Waals surface area (Å²) in [7, 11) is 1.60. The van der Waals surface area contributed by atoms with Gasteiger partial charge in [0.15, 0.2) is 23.3 Å². The maximum absolute atomic E-state index is 13.6. The maximum Gasteiger partial charge on any atom is 0.350 e. The summed E-state index contributed by atoms with van der Waals surface area (Å²) in [6.07, 6.45) is 0. The molecule has 32 heavy (non-hydrogen) atoms. The second kappa shape index (κ2) is 8.24. The molecule has 1 saturated heterocycles. The minimum Gasteiger partial charge on any atom is -0.361 e. The number of rotatable bonds is 3. The lowest BCUT2D eigenvalue weighted by atomic mass is 10.1. The van der Waals surface area contributed by atoms with Gasteiger partial charge >= 0.3 is 5.69 Å². The standard InChI is InChI=1S/C22H21F3N6O/c1-12-10-31(13(2)9-30(12)11-14-7-15(23)19(25)16(24)8-14)21-20-17(29(4)22(32)28-21)5-6-18(26-3)27-20/h5-8,12-13H,9-11H2,1-2,4H3/t12-,13+/m1/s1. The van der Waals surface area contributed by atoms with Crippen molar-refractivity contribution in [1.82, 2.24) is 19.4 Å². The number of hydrogen-bond acceptors (Lipinski definition) is 5. The van der Waals surface area contributed by atoms with Gasteiger partial charge in [0.25, 0.3) is 5.82 Å². The van der Waals surface area contributed by atoms with Gasteiger partial charge in [-0.3, -0.25) is 9.47 Å². The van der Waals surface area contributed by atoms with Crippen LogP contribution in [0, 0.1) is 24.0 Å². The molecule has 166 valence electrons. The van der Waals surface area contributed by atoms with Gasteiger partial charge in [0, 0.05) is 38.8 Å². The molecule has 0 aliphatic carbocycles.